The molecule has 1 atom stereocenters. The van der Waals surface area contributed by atoms with Crippen molar-refractivity contribution in [3.63, 3.8) is 0 Å². The number of alkyl halides is 1. The van der Waals surface area contributed by atoms with Gasteiger partial charge in [-0.15, -0.1) is 0 Å². The van der Waals surface area contributed by atoms with E-state index in [0.717, 1.165) is 51.4 Å². The van der Waals surface area contributed by atoms with E-state index in [1.807, 2.05) is 0 Å². The molecule has 0 aromatic heterocycles. The van der Waals surface area contributed by atoms with E-state index in [0.29, 0.717) is 12.8 Å². The third-order valence-corrected chi connectivity index (χ3v) is 8.10. The molecule has 0 fully saturated rings. The van der Waals surface area contributed by atoms with Crippen LogP contribution in [0.15, 0.2) is 0 Å². The Morgan fingerprint density at radius 2 is 0.719 bits per heavy atom. The third kappa shape index (κ3) is 18.3. The summed E-state index contributed by atoms with van der Waals surface area (Å²) < 4.78 is 47.5. The van der Waals surface area contributed by atoms with Gasteiger partial charge in [0.05, 0.1) is 0 Å². The summed E-state index contributed by atoms with van der Waals surface area (Å²) >= 11 is 0. The first-order valence-electron chi connectivity index (χ1n) is 14.0. The van der Waals surface area contributed by atoms with Gasteiger partial charge in [-0.3, -0.25) is 4.55 Å². The highest BCUT2D eigenvalue weighted by Gasteiger charge is 2.42. The molecule has 3 nitrogen and oxygen atoms in total. The number of hydrogen-bond acceptors (Lipinski definition) is 2. The summed E-state index contributed by atoms with van der Waals surface area (Å²) in [6.45, 7) is 4.40. The van der Waals surface area contributed by atoms with Crippen LogP contribution in [-0.2, 0) is 10.1 Å². The summed E-state index contributed by atoms with van der Waals surface area (Å²) in [6.07, 6.45) is 25.4. The highest BCUT2D eigenvalue weighted by molar-refractivity contribution is 7.87. The van der Waals surface area contributed by atoms with Gasteiger partial charge < -0.3 is 0 Å². The van der Waals surface area contributed by atoms with Crippen LogP contribution in [0.5, 0.6) is 0 Å². The fourth-order valence-electron chi connectivity index (χ4n) is 4.49. The second kappa shape index (κ2) is 21.4. The van der Waals surface area contributed by atoms with Crippen LogP contribution in [0.4, 0.5) is 4.39 Å². The summed E-state index contributed by atoms with van der Waals surface area (Å²) in [4.78, 5) is 0. The minimum absolute atomic E-state index is 0.0702. The smallest absolute Gasteiger partial charge is 0.283 e. The third-order valence-electron chi connectivity index (χ3n) is 6.77. The molecule has 0 aromatic carbocycles. The van der Waals surface area contributed by atoms with Gasteiger partial charge in [0.25, 0.3) is 10.1 Å². The maximum Gasteiger partial charge on any atom is 0.300 e. The second-order valence-corrected chi connectivity index (χ2v) is 11.6. The molecule has 1 N–H and O–H groups in total. The van der Waals surface area contributed by atoms with Crippen LogP contribution in [0.3, 0.4) is 0 Å². The lowest BCUT2D eigenvalue weighted by Crippen LogP contribution is -2.33. The van der Waals surface area contributed by atoms with Crippen molar-refractivity contribution in [2.24, 2.45) is 0 Å². The van der Waals surface area contributed by atoms with Gasteiger partial charge in [0.1, 0.15) is 0 Å². The van der Waals surface area contributed by atoms with Crippen LogP contribution in [0.2, 0.25) is 0 Å². The average molecular weight is 479 g/mol. The number of unbranched alkanes of at least 4 members (excludes halogenated alkanes) is 20. The van der Waals surface area contributed by atoms with Crippen molar-refractivity contribution in [2.75, 3.05) is 0 Å². The topological polar surface area (TPSA) is 54.4 Å². The van der Waals surface area contributed by atoms with Gasteiger partial charge in [-0.1, -0.05) is 142 Å². The van der Waals surface area contributed by atoms with E-state index in [2.05, 4.69) is 13.8 Å². The summed E-state index contributed by atoms with van der Waals surface area (Å²) in [6, 6.07) is 0. The zero-order valence-corrected chi connectivity index (χ0v) is 22.3. The van der Waals surface area contributed by atoms with Gasteiger partial charge in [0, 0.05) is 0 Å². The largest absolute Gasteiger partial charge is 0.300 e. The van der Waals surface area contributed by atoms with Crippen molar-refractivity contribution in [2.45, 2.75) is 173 Å². The van der Waals surface area contributed by atoms with Crippen LogP contribution in [-0.4, -0.2) is 18.0 Å². The Kier molecular flexibility index (Phi) is 21.3. The molecule has 0 aliphatic rings. The first kappa shape index (κ1) is 31.8. The van der Waals surface area contributed by atoms with Crippen LogP contribution in [0.1, 0.15) is 168 Å². The summed E-state index contributed by atoms with van der Waals surface area (Å²) in [5.41, 5.74) is 0. The van der Waals surface area contributed by atoms with Crippen molar-refractivity contribution < 1.29 is 17.4 Å². The van der Waals surface area contributed by atoms with Crippen molar-refractivity contribution in [1.82, 2.24) is 0 Å². The first-order chi connectivity index (χ1) is 15.4. The molecule has 0 bridgehead atoms. The van der Waals surface area contributed by atoms with Gasteiger partial charge in [-0.25, -0.2) is 4.39 Å². The standard InChI is InChI=1S/C27H55FO3S/c1-3-5-7-9-11-12-13-14-15-16-17-18-19-20-22-24-26-27(28,32(29,30)31)25-23-21-10-8-6-4-2/h3-26H2,1-2H3,(H,29,30,31). The maximum absolute atomic E-state index is 14.9. The van der Waals surface area contributed by atoms with Crippen LogP contribution in [0.25, 0.3) is 0 Å². The highest BCUT2D eigenvalue weighted by Crippen LogP contribution is 2.32. The molecule has 0 rings (SSSR count). The Bertz CT molecular complexity index is 495. The molecule has 0 spiro atoms. The van der Waals surface area contributed by atoms with E-state index in [4.69, 9.17) is 0 Å². The van der Waals surface area contributed by atoms with Gasteiger partial charge in [-0.05, 0) is 25.7 Å². The molecule has 0 saturated carbocycles. The van der Waals surface area contributed by atoms with E-state index in [9.17, 15) is 17.4 Å². The predicted octanol–water partition coefficient (Wildman–Crippen LogP) is 9.94. The molecular formula is C27H55FO3S. The van der Waals surface area contributed by atoms with Gasteiger partial charge in [0.15, 0.2) is 0 Å². The zero-order chi connectivity index (χ0) is 24.0. The van der Waals surface area contributed by atoms with Crippen molar-refractivity contribution >= 4 is 10.1 Å². The Labute approximate surface area is 200 Å². The molecule has 0 amide bonds. The zero-order valence-electron chi connectivity index (χ0n) is 21.5. The van der Waals surface area contributed by atoms with Crippen molar-refractivity contribution in [1.29, 1.82) is 0 Å². The molecule has 5 heteroatoms. The quantitative estimate of drug-likeness (QED) is 0.105. The monoisotopic (exact) mass is 478 g/mol. The van der Waals surface area contributed by atoms with Crippen molar-refractivity contribution in [3.05, 3.63) is 0 Å². The molecule has 0 radical (unpaired) electrons. The molecule has 0 aliphatic heterocycles. The highest BCUT2D eigenvalue weighted by atomic mass is 32.2. The van der Waals surface area contributed by atoms with E-state index >= 15 is 0 Å². The molecule has 0 heterocycles. The lowest BCUT2D eigenvalue weighted by atomic mass is 10.0. The molecule has 0 aromatic rings. The fourth-order valence-corrected chi connectivity index (χ4v) is 5.29. The van der Waals surface area contributed by atoms with Crippen LogP contribution < -0.4 is 0 Å². The summed E-state index contributed by atoms with van der Waals surface area (Å²) in [5.74, 6) is 0. The second-order valence-electron chi connectivity index (χ2n) is 9.93. The minimum atomic E-state index is -4.65. The molecule has 194 valence electrons. The van der Waals surface area contributed by atoms with Gasteiger partial charge >= 0.3 is 0 Å². The summed E-state index contributed by atoms with van der Waals surface area (Å²) in [7, 11) is -4.65. The van der Waals surface area contributed by atoms with Gasteiger partial charge in [-0.2, -0.15) is 8.42 Å². The lowest BCUT2D eigenvalue weighted by molar-refractivity contribution is 0.203. The number of halogens is 1. The lowest BCUT2D eigenvalue weighted by Gasteiger charge is -2.22. The Morgan fingerprint density at radius 3 is 0.938 bits per heavy atom. The Hall–Kier alpha value is -0.160. The van der Waals surface area contributed by atoms with Crippen molar-refractivity contribution in [3.8, 4) is 0 Å². The summed E-state index contributed by atoms with van der Waals surface area (Å²) in [5, 5.41) is -2.45. The normalized spacial score (nSPS) is 14.0. The Balaban J connectivity index is 3.65. The van der Waals surface area contributed by atoms with Crippen LogP contribution in [0, 0.1) is 0 Å². The van der Waals surface area contributed by atoms with E-state index in [1.165, 1.54) is 77.0 Å². The molecular weight excluding hydrogens is 423 g/mol. The fraction of sp³-hybridized carbons (Fsp3) is 1.00. The van der Waals surface area contributed by atoms with Gasteiger partial charge in [0.2, 0.25) is 5.00 Å². The van der Waals surface area contributed by atoms with E-state index < -0.39 is 15.1 Å². The minimum Gasteiger partial charge on any atom is -0.283 e. The SMILES string of the molecule is CCCCCCCCCCCCCCCCCCC(F)(CCCCCCCC)S(=O)(=O)O. The predicted molar refractivity (Wildman–Crippen MR) is 138 cm³/mol. The molecule has 0 saturated heterocycles. The molecule has 1 unspecified atom stereocenters. The van der Waals surface area contributed by atoms with E-state index in [1.54, 1.807) is 0 Å². The average Bonchev–Trinajstić information content (AvgIpc) is 2.75. The first-order valence-corrected chi connectivity index (χ1v) is 15.5. The maximum atomic E-state index is 14.9. The number of rotatable bonds is 25. The van der Waals surface area contributed by atoms with Crippen LogP contribution >= 0.6 is 0 Å². The molecule has 32 heavy (non-hydrogen) atoms. The van der Waals surface area contributed by atoms with E-state index in [-0.39, 0.29) is 12.8 Å². The number of hydrogen-bond donors (Lipinski definition) is 1. The Morgan fingerprint density at radius 1 is 0.500 bits per heavy atom. The molecule has 0 aliphatic carbocycles.